The highest BCUT2D eigenvalue weighted by atomic mass is 16.5. The topological polar surface area (TPSA) is 74.2 Å². The van der Waals surface area contributed by atoms with Gasteiger partial charge in [0.2, 0.25) is 5.89 Å². The Kier molecular flexibility index (Phi) is 4.55. The summed E-state index contributed by atoms with van der Waals surface area (Å²) in [5.41, 5.74) is 5.73. The lowest BCUT2D eigenvalue weighted by Crippen LogP contribution is -2.09. The van der Waals surface area contributed by atoms with Crippen molar-refractivity contribution in [2.75, 3.05) is 6.61 Å². The summed E-state index contributed by atoms with van der Waals surface area (Å²) in [5, 5.41) is 3.77. The van der Waals surface area contributed by atoms with Gasteiger partial charge in [0, 0.05) is 6.61 Å². The molecule has 0 saturated heterocycles. The van der Waals surface area contributed by atoms with Crippen LogP contribution in [0.25, 0.3) is 0 Å². The third-order valence-corrected chi connectivity index (χ3v) is 1.82. The molecule has 5 nitrogen and oxygen atoms in total. The summed E-state index contributed by atoms with van der Waals surface area (Å²) in [4.78, 5) is 4.13. The van der Waals surface area contributed by atoms with E-state index < -0.39 is 0 Å². The second kappa shape index (κ2) is 5.72. The Morgan fingerprint density at radius 1 is 1.50 bits per heavy atom. The minimum atomic E-state index is -0.164. The third-order valence-electron chi connectivity index (χ3n) is 1.82. The zero-order chi connectivity index (χ0) is 10.4. The molecule has 1 rings (SSSR count). The number of nitrogens with zero attached hydrogens (tertiary/aromatic N) is 2. The van der Waals surface area contributed by atoms with Crippen LogP contribution in [0.15, 0.2) is 4.52 Å². The maximum atomic E-state index is 5.73. The van der Waals surface area contributed by atoms with E-state index in [1.807, 2.05) is 6.92 Å². The molecule has 0 spiro atoms. The summed E-state index contributed by atoms with van der Waals surface area (Å²) in [6.45, 7) is 5.13. The van der Waals surface area contributed by atoms with Gasteiger partial charge in [0.05, 0.1) is 6.04 Å². The molecule has 0 aliphatic carbocycles. The number of hydrogen-bond donors (Lipinski definition) is 1. The van der Waals surface area contributed by atoms with Crippen molar-refractivity contribution in [3.63, 3.8) is 0 Å². The summed E-state index contributed by atoms with van der Waals surface area (Å²) in [7, 11) is 0. The molecule has 5 heteroatoms. The molecule has 0 fully saturated rings. The van der Waals surface area contributed by atoms with Gasteiger partial charge in [-0.15, -0.1) is 0 Å². The highest BCUT2D eigenvalue weighted by molar-refractivity contribution is 4.89. The van der Waals surface area contributed by atoms with Gasteiger partial charge in [0.1, 0.15) is 6.61 Å². The van der Waals surface area contributed by atoms with Crippen LogP contribution in [-0.2, 0) is 11.3 Å². The van der Waals surface area contributed by atoms with E-state index in [1.165, 1.54) is 0 Å². The zero-order valence-electron chi connectivity index (χ0n) is 8.69. The predicted molar refractivity (Wildman–Crippen MR) is 51.5 cm³/mol. The first-order valence-electron chi connectivity index (χ1n) is 4.93. The molecule has 0 radical (unpaired) electrons. The van der Waals surface area contributed by atoms with Crippen molar-refractivity contribution in [3.05, 3.63) is 11.7 Å². The molecule has 0 bridgehead atoms. The van der Waals surface area contributed by atoms with Gasteiger partial charge < -0.3 is 15.0 Å². The summed E-state index contributed by atoms with van der Waals surface area (Å²) >= 11 is 0. The molecule has 1 heterocycles. The molecular formula is C9H17N3O2. The fourth-order valence-corrected chi connectivity index (χ4v) is 0.959. The first-order chi connectivity index (χ1) is 6.77. The lowest BCUT2D eigenvalue weighted by atomic mass is 10.2. The van der Waals surface area contributed by atoms with Crippen molar-refractivity contribution in [1.82, 2.24) is 10.1 Å². The summed E-state index contributed by atoms with van der Waals surface area (Å²) in [5.74, 6) is 1.06. The van der Waals surface area contributed by atoms with E-state index in [4.69, 9.17) is 15.0 Å². The predicted octanol–water partition coefficient (Wildman–Crippen LogP) is 1.41. The maximum absolute atomic E-state index is 5.73. The highest BCUT2D eigenvalue weighted by Crippen LogP contribution is 2.10. The molecule has 14 heavy (non-hydrogen) atoms. The van der Waals surface area contributed by atoms with Crippen molar-refractivity contribution in [3.8, 4) is 0 Å². The number of ether oxygens (including phenoxy) is 1. The van der Waals surface area contributed by atoms with Gasteiger partial charge in [-0.05, 0) is 12.8 Å². The van der Waals surface area contributed by atoms with Crippen LogP contribution in [0.1, 0.15) is 44.4 Å². The van der Waals surface area contributed by atoms with Gasteiger partial charge in [-0.25, -0.2) is 0 Å². The standard InChI is InChI=1S/C9H17N3O2/c1-3-5-13-6-8-11-9(14-12-8)7(10)4-2/h7H,3-6,10H2,1-2H3/t7-/m0/s1. The molecule has 0 aliphatic rings. The van der Waals surface area contributed by atoms with Gasteiger partial charge in [-0.3, -0.25) is 0 Å². The Bertz CT molecular complexity index is 262. The third kappa shape index (κ3) is 3.08. The average molecular weight is 199 g/mol. The van der Waals surface area contributed by atoms with Gasteiger partial charge in [0.25, 0.3) is 0 Å². The van der Waals surface area contributed by atoms with E-state index in [2.05, 4.69) is 17.1 Å². The Labute approximate surface area is 83.6 Å². The van der Waals surface area contributed by atoms with Crippen LogP contribution in [0.3, 0.4) is 0 Å². The number of aromatic nitrogens is 2. The summed E-state index contributed by atoms with van der Waals surface area (Å²) < 4.78 is 10.3. The van der Waals surface area contributed by atoms with Crippen LogP contribution in [0.5, 0.6) is 0 Å². The lowest BCUT2D eigenvalue weighted by Gasteiger charge is -1.99. The van der Waals surface area contributed by atoms with Crippen LogP contribution in [0.4, 0.5) is 0 Å². The molecule has 1 atom stereocenters. The van der Waals surface area contributed by atoms with Gasteiger partial charge in [0.15, 0.2) is 5.82 Å². The van der Waals surface area contributed by atoms with Crippen molar-refractivity contribution in [1.29, 1.82) is 0 Å². The van der Waals surface area contributed by atoms with Crippen LogP contribution in [-0.4, -0.2) is 16.7 Å². The SMILES string of the molecule is CCCOCc1noc([C@@H](N)CC)n1. The van der Waals surface area contributed by atoms with Crippen molar-refractivity contribution in [2.45, 2.75) is 39.3 Å². The molecule has 1 aromatic heterocycles. The van der Waals surface area contributed by atoms with Gasteiger partial charge in [-0.2, -0.15) is 4.98 Å². The monoisotopic (exact) mass is 199 g/mol. The molecule has 0 saturated carbocycles. The van der Waals surface area contributed by atoms with Crippen LogP contribution in [0.2, 0.25) is 0 Å². The van der Waals surface area contributed by atoms with E-state index in [1.54, 1.807) is 0 Å². The van der Waals surface area contributed by atoms with Crippen molar-refractivity contribution >= 4 is 0 Å². The highest BCUT2D eigenvalue weighted by Gasteiger charge is 2.12. The second-order valence-corrected chi connectivity index (χ2v) is 3.12. The molecule has 0 unspecified atom stereocenters. The normalized spacial score (nSPS) is 13.1. The van der Waals surface area contributed by atoms with E-state index in [0.717, 1.165) is 12.8 Å². The quantitative estimate of drug-likeness (QED) is 0.701. The molecule has 0 amide bonds. The maximum Gasteiger partial charge on any atom is 0.243 e. The first kappa shape index (κ1) is 11.1. The molecular weight excluding hydrogens is 182 g/mol. The van der Waals surface area contributed by atoms with E-state index >= 15 is 0 Å². The van der Waals surface area contributed by atoms with Gasteiger partial charge >= 0.3 is 0 Å². The molecule has 0 aliphatic heterocycles. The van der Waals surface area contributed by atoms with E-state index in [0.29, 0.717) is 24.9 Å². The Morgan fingerprint density at radius 2 is 2.29 bits per heavy atom. The summed E-state index contributed by atoms with van der Waals surface area (Å²) in [6.07, 6.45) is 1.77. The minimum absolute atomic E-state index is 0.164. The fraction of sp³-hybridized carbons (Fsp3) is 0.778. The number of rotatable bonds is 6. The van der Waals surface area contributed by atoms with E-state index in [-0.39, 0.29) is 6.04 Å². The van der Waals surface area contributed by atoms with E-state index in [9.17, 15) is 0 Å². The Balaban J connectivity index is 2.42. The zero-order valence-corrected chi connectivity index (χ0v) is 8.69. The fourth-order valence-electron chi connectivity index (χ4n) is 0.959. The Hall–Kier alpha value is -0.940. The molecule has 1 aromatic rings. The number of hydrogen-bond acceptors (Lipinski definition) is 5. The van der Waals surface area contributed by atoms with Gasteiger partial charge in [-0.1, -0.05) is 19.0 Å². The largest absolute Gasteiger partial charge is 0.373 e. The Morgan fingerprint density at radius 3 is 2.93 bits per heavy atom. The molecule has 80 valence electrons. The summed E-state index contributed by atoms with van der Waals surface area (Å²) in [6, 6.07) is -0.164. The smallest absolute Gasteiger partial charge is 0.243 e. The van der Waals surface area contributed by atoms with Crippen LogP contribution < -0.4 is 5.73 Å². The lowest BCUT2D eigenvalue weighted by molar-refractivity contribution is 0.114. The van der Waals surface area contributed by atoms with Crippen molar-refractivity contribution in [2.24, 2.45) is 5.73 Å². The van der Waals surface area contributed by atoms with Crippen LogP contribution in [0, 0.1) is 0 Å². The first-order valence-corrected chi connectivity index (χ1v) is 4.93. The average Bonchev–Trinajstić information content (AvgIpc) is 2.66. The number of nitrogens with two attached hydrogens (primary N) is 1. The van der Waals surface area contributed by atoms with Crippen LogP contribution >= 0.6 is 0 Å². The second-order valence-electron chi connectivity index (χ2n) is 3.12. The van der Waals surface area contributed by atoms with Crippen molar-refractivity contribution < 1.29 is 9.26 Å². The minimum Gasteiger partial charge on any atom is -0.373 e. The molecule has 2 N–H and O–H groups in total. The molecule has 0 aromatic carbocycles.